The van der Waals surface area contributed by atoms with Gasteiger partial charge >= 0.3 is 0 Å². The molecule has 0 amide bonds. The minimum absolute atomic E-state index is 0.821. The van der Waals surface area contributed by atoms with E-state index in [4.69, 9.17) is 11.6 Å². The average molecular weight is 165 g/mol. The maximum absolute atomic E-state index is 5.56. The van der Waals surface area contributed by atoms with Crippen molar-refractivity contribution in [1.82, 2.24) is 0 Å². The summed E-state index contributed by atoms with van der Waals surface area (Å²) in [6.45, 7) is 0. The molecule has 0 N–H and O–H groups in total. The monoisotopic (exact) mass is 164 g/mol. The Hall–Kier alpha value is 0.640. The first kappa shape index (κ1) is 7.74. The molecule has 0 saturated heterocycles. The van der Waals surface area contributed by atoms with Gasteiger partial charge in [0, 0.05) is 16.9 Å². The van der Waals surface area contributed by atoms with Crippen LogP contribution in [0.4, 0.5) is 0 Å². The second-order valence-electron chi connectivity index (χ2n) is 2.47. The van der Waals surface area contributed by atoms with Crippen LogP contribution in [0, 0.1) is 0 Å². The van der Waals surface area contributed by atoms with Gasteiger partial charge in [0.2, 0.25) is 0 Å². The highest BCUT2D eigenvalue weighted by atomic mass is 35.5. The molecule has 1 rings (SSSR count). The van der Waals surface area contributed by atoms with Crippen molar-refractivity contribution in [3.63, 3.8) is 0 Å². The molecule has 2 heteroatoms. The molecule has 0 aromatic rings. The lowest BCUT2D eigenvalue weighted by Gasteiger charge is -2.04. The van der Waals surface area contributed by atoms with E-state index in [9.17, 15) is 0 Å². The molecule has 1 aliphatic rings. The summed E-state index contributed by atoms with van der Waals surface area (Å²) in [4.78, 5) is 0. The highest BCUT2D eigenvalue weighted by molar-refractivity contribution is 7.99. The summed E-state index contributed by atoms with van der Waals surface area (Å²) < 4.78 is 0. The van der Waals surface area contributed by atoms with Crippen molar-refractivity contribution in [2.75, 3.05) is 11.6 Å². The second kappa shape index (κ2) is 4.45. The molecule has 0 bridgehead atoms. The van der Waals surface area contributed by atoms with Crippen LogP contribution in [0.25, 0.3) is 0 Å². The molecule has 0 nitrogen and oxygen atoms in total. The van der Waals surface area contributed by atoms with E-state index in [1.54, 1.807) is 0 Å². The molecule has 0 aliphatic heterocycles. The third-order valence-corrected chi connectivity index (χ3v) is 3.53. The fourth-order valence-corrected chi connectivity index (χ4v) is 2.62. The summed E-state index contributed by atoms with van der Waals surface area (Å²) in [6.07, 6.45) is 5.75. The molecule has 0 radical (unpaired) electrons. The molecule has 0 aromatic carbocycles. The first-order valence-electron chi connectivity index (χ1n) is 3.61. The Morgan fingerprint density at radius 3 is 2.56 bits per heavy atom. The highest BCUT2D eigenvalue weighted by Crippen LogP contribution is 2.29. The molecule has 1 aliphatic carbocycles. The van der Waals surface area contributed by atoms with Crippen LogP contribution in [-0.2, 0) is 0 Å². The van der Waals surface area contributed by atoms with Crippen LogP contribution in [0.2, 0.25) is 0 Å². The second-order valence-corrected chi connectivity index (χ2v) is 4.25. The smallest absolute Gasteiger partial charge is 0.0314 e. The number of hydrogen-bond donors (Lipinski definition) is 0. The van der Waals surface area contributed by atoms with Crippen LogP contribution in [0.1, 0.15) is 25.7 Å². The van der Waals surface area contributed by atoms with Crippen LogP contribution in [0.15, 0.2) is 0 Å². The summed E-state index contributed by atoms with van der Waals surface area (Å²) in [7, 11) is 0. The van der Waals surface area contributed by atoms with Crippen LogP contribution >= 0.6 is 23.4 Å². The first-order chi connectivity index (χ1) is 4.43. The minimum atomic E-state index is 0.821. The Bertz CT molecular complexity index is 69.3. The Morgan fingerprint density at radius 1 is 1.33 bits per heavy atom. The van der Waals surface area contributed by atoms with Crippen molar-refractivity contribution in [2.45, 2.75) is 30.9 Å². The van der Waals surface area contributed by atoms with Gasteiger partial charge in [0.05, 0.1) is 0 Å². The molecule has 0 spiro atoms. The molecule has 0 aromatic heterocycles. The van der Waals surface area contributed by atoms with Crippen molar-refractivity contribution in [3.05, 3.63) is 0 Å². The Labute approximate surface area is 66.3 Å². The summed E-state index contributed by atoms with van der Waals surface area (Å²) in [5.74, 6) is 1.97. The van der Waals surface area contributed by atoms with E-state index in [1.165, 1.54) is 25.7 Å². The number of rotatable bonds is 3. The van der Waals surface area contributed by atoms with Crippen molar-refractivity contribution in [3.8, 4) is 0 Å². The lowest BCUT2D eigenvalue weighted by molar-refractivity contribution is 0.886. The zero-order chi connectivity index (χ0) is 6.53. The van der Waals surface area contributed by atoms with Gasteiger partial charge in [-0.05, 0) is 12.8 Å². The summed E-state index contributed by atoms with van der Waals surface area (Å²) in [5, 5.41) is 0.948. The Kier molecular flexibility index (Phi) is 3.83. The van der Waals surface area contributed by atoms with Gasteiger partial charge in [-0.3, -0.25) is 0 Å². The first-order valence-corrected chi connectivity index (χ1v) is 5.19. The Morgan fingerprint density at radius 2 is 2.00 bits per heavy atom. The van der Waals surface area contributed by atoms with E-state index in [0.717, 1.165) is 16.9 Å². The van der Waals surface area contributed by atoms with E-state index < -0.39 is 0 Å². The molecular formula is C7H13ClS. The number of alkyl halides is 1. The SMILES string of the molecule is ClCCSC1CCCC1. The maximum atomic E-state index is 5.56. The van der Waals surface area contributed by atoms with Gasteiger partial charge in [0.1, 0.15) is 0 Å². The standard InChI is InChI=1S/C7H13ClS/c8-5-6-9-7-3-1-2-4-7/h7H,1-6H2. The predicted octanol–water partition coefficient (Wildman–Crippen LogP) is 2.90. The largest absolute Gasteiger partial charge is 0.157 e. The normalized spacial score (nSPS) is 21.0. The van der Waals surface area contributed by atoms with E-state index in [0.29, 0.717) is 0 Å². The van der Waals surface area contributed by atoms with Gasteiger partial charge in [-0.2, -0.15) is 11.8 Å². The van der Waals surface area contributed by atoms with Gasteiger partial charge in [0.15, 0.2) is 0 Å². The summed E-state index contributed by atoms with van der Waals surface area (Å²) >= 11 is 7.61. The predicted molar refractivity (Wildman–Crippen MR) is 45.4 cm³/mol. The quantitative estimate of drug-likeness (QED) is 0.579. The molecule has 1 saturated carbocycles. The number of hydrogen-bond acceptors (Lipinski definition) is 1. The zero-order valence-corrected chi connectivity index (χ0v) is 7.18. The van der Waals surface area contributed by atoms with Crippen LogP contribution in [-0.4, -0.2) is 16.9 Å². The lowest BCUT2D eigenvalue weighted by atomic mass is 10.4. The number of halogens is 1. The highest BCUT2D eigenvalue weighted by Gasteiger charge is 2.13. The average Bonchev–Trinajstić information content (AvgIpc) is 2.34. The lowest BCUT2D eigenvalue weighted by Crippen LogP contribution is -1.95. The molecule has 0 atom stereocenters. The van der Waals surface area contributed by atoms with Crippen LogP contribution in [0.3, 0.4) is 0 Å². The van der Waals surface area contributed by atoms with Gasteiger partial charge in [-0.25, -0.2) is 0 Å². The maximum Gasteiger partial charge on any atom is 0.0314 e. The van der Waals surface area contributed by atoms with E-state index in [2.05, 4.69) is 11.8 Å². The summed E-state index contributed by atoms with van der Waals surface area (Å²) in [6, 6.07) is 0. The zero-order valence-electron chi connectivity index (χ0n) is 5.61. The van der Waals surface area contributed by atoms with Crippen molar-refractivity contribution >= 4 is 23.4 Å². The van der Waals surface area contributed by atoms with E-state index >= 15 is 0 Å². The molecule has 9 heavy (non-hydrogen) atoms. The summed E-state index contributed by atoms with van der Waals surface area (Å²) in [5.41, 5.74) is 0. The van der Waals surface area contributed by atoms with Crippen molar-refractivity contribution in [2.24, 2.45) is 0 Å². The van der Waals surface area contributed by atoms with Gasteiger partial charge < -0.3 is 0 Å². The van der Waals surface area contributed by atoms with Crippen molar-refractivity contribution < 1.29 is 0 Å². The van der Waals surface area contributed by atoms with Crippen molar-refractivity contribution in [1.29, 1.82) is 0 Å². The number of thioether (sulfide) groups is 1. The minimum Gasteiger partial charge on any atom is -0.157 e. The van der Waals surface area contributed by atoms with E-state index in [-0.39, 0.29) is 0 Å². The fourth-order valence-electron chi connectivity index (χ4n) is 1.27. The van der Waals surface area contributed by atoms with Crippen LogP contribution in [0.5, 0.6) is 0 Å². The topological polar surface area (TPSA) is 0 Å². The van der Waals surface area contributed by atoms with Gasteiger partial charge in [-0.1, -0.05) is 12.8 Å². The van der Waals surface area contributed by atoms with E-state index in [1.807, 2.05) is 0 Å². The fraction of sp³-hybridized carbons (Fsp3) is 1.00. The molecular weight excluding hydrogens is 152 g/mol. The Balaban J connectivity index is 1.98. The molecule has 0 heterocycles. The third-order valence-electron chi connectivity index (χ3n) is 1.73. The molecule has 1 fully saturated rings. The molecule has 0 unspecified atom stereocenters. The molecule has 54 valence electrons. The van der Waals surface area contributed by atoms with Gasteiger partial charge in [-0.15, -0.1) is 11.6 Å². The third kappa shape index (κ3) is 2.81. The van der Waals surface area contributed by atoms with Gasteiger partial charge in [0.25, 0.3) is 0 Å². The van der Waals surface area contributed by atoms with Crippen LogP contribution < -0.4 is 0 Å².